The summed E-state index contributed by atoms with van der Waals surface area (Å²) in [5, 5.41) is 11.5. The molecule has 2 rings (SSSR count). The lowest BCUT2D eigenvalue weighted by Gasteiger charge is -2.02. The number of nitro groups is 1. The first-order valence-electron chi connectivity index (χ1n) is 5.82. The number of halogens is 1. The van der Waals surface area contributed by atoms with E-state index in [-0.39, 0.29) is 15.6 Å². The first-order chi connectivity index (χ1) is 9.90. The van der Waals surface area contributed by atoms with Gasteiger partial charge in [0.25, 0.3) is 5.69 Å². The second-order valence-electron chi connectivity index (χ2n) is 4.13. The molecule has 0 unspecified atom stereocenters. The SMILES string of the molecule is O=[N+]([O-])c1ccc(/C(Cl)=C/S(=O)(=O)c2ccccc2)cc1. The molecule has 0 aromatic heterocycles. The molecule has 0 aliphatic rings. The molecule has 21 heavy (non-hydrogen) atoms. The van der Waals surface area contributed by atoms with Crippen LogP contribution in [0, 0.1) is 10.1 Å². The van der Waals surface area contributed by atoms with Crippen molar-refractivity contribution < 1.29 is 13.3 Å². The van der Waals surface area contributed by atoms with Crippen molar-refractivity contribution in [2.24, 2.45) is 0 Å². The van der Waals surface area contributed by atoms with Crippen LogP contribution in [-0.2, 0) is 9.84 Å². The molecular weight excluding hydrogens is 314 g/mol. The van der Waals surface area contributed by atoms with E-state index in [4.69, 9.17) is 11.6 Å². The summed E-state index contributed by atoms with van der Waals surface area (Å²) < 4.78 is 24.2. The van der Waals surface area contributed by atoms with Gasteiger partial charge in [0.15, 0.2) is 0 Å². The van der Waals surface area contributed by atoms with Crippen LogP contribution < -0.4 is 0 Å². The van der Waals surface area contributed by atoms with Gasteiger partial charge in [-0.15, -0.1) is 0 Å². The van der Waals surface area contributed by atoms with E-state index in [1.165, 1.54) is 36.4 Å². The molecule has 0 saturated heterocycles. The van der Waals surface area contributed by atoms with Gasteiger partial charge >= 0.3 is 0 Å². The predicted octanol–water partition coefficient (Wildman–Crippen LogP) is 3.61. The lowest BCUT2D eigenvalue weighted by molar-refractivity contribution is -0.384. The van der Waals surface area contributed by atoms with E-state index in [2.05, 4.69) is 0 Å². The summed E-state index contributed by atoms with van der Waals surface area (Å²) in [6.07, 6.45) is 0. The number of non-ortho nitro benzene ring substituents is 1. The molecule has 0 spiro atoms. The number of hydrogen-bond acceptors (Lipinski definition) is 4. The topological polar surface area (TPSA) is 77.3 Å². The van der Waals surface area contributed by atoms with Gasteiger partial charge in [0, 0.05) is 12.1 Å². The highest BCUT2D eigenvalue weighted by Gasteiger charge is 2.13. The molecule has 0 saturated carbocycles. The van der Waals surface area contributed by atoms with Crippen LogP contribution in [0.4, 0.5) is 5.69 Å². The van der Waals surface area contributed by atoms with Crippen molar-refractivity contribution in [3.63, 3.8) is 0 Å². The Kier molecular flexibility index (Phi) is 4.40. The van der Waals surface area contributed by atoms with Crippen molar-refractivity contribution in [3.05, 3.63) is 75.7 Å². The predicted molar refractivity (Wildman–Crippen MR) is 80.6 cm³/mol. The fourth-order valence-electron chi connectivity index (χ4n) is 1.62. The van der Waals surface area contributed by atoms with Gasteiger partial charge in [-0.25, -0.2) is 8.42 Å². The van der Waals surface area contributed by atoms with Crippen molar-refractivity contribution in [1.82, 2.24) is 0 Å². The highest BCUT2D eigenvalue weighted by molar-refractivity contribution is 7.94. The summed E-state index contributed by atoms with van der Waals surface area (Å²) in [4.78, 5) is 10.1. The minimum Gasteiger partial charge on any atom is -0.258 e. The summed E-state index contributed by atoms with van der Waals surface area (Å²) in [6.45, 7) is 0. The maximum Gasteiger partial charge on any atom is 0.269 e. The molecule has 5 nitrogen and oxygen atoms in total. The third kappa shape index (κ3) is 3.68. The van der Waals surface area contributed by atoms with Crippen molar-refractivity contribution in [1.29, 1.82) is 0 Å². The zero-order chi connectivity index (χ0) is 15.5. The van der Waals surface area contributed by atoms with Crippen LogP contribution in [0.5, 0.6) is 0 Å². The molecule has 0 bridgehead atoms. The molecular formula is C14H10ClNO4S. The zero-order valence-electron chi connectivity index (χ0n) is 10.6. The Morgan fingerprint density at radius 3 is 2.14 bits per heavy atom. The number of benzene rings is 2. The van der Waals surface area contributed by atoms with Gasteiger partial charge in [-0.05, 0) is 29.8 Å². The van der Waals surface area contributed by atoms with Gasteiger partial charge in [0.05, 0.1) is 20.3 Å². The van der Waals surface area contributed by atoms with Crippen LogP contribution in [0.1, 0.15) is 5.56 Å². The van der Waals surface area contributed by atoms with E-state index >= 15 is 0 Å². The van der Waals surface area contributed by atoms with Crippen LogP contribution in [0.3, 0.4) is 0 Å². The number of rotatable bonds is 4. The fraction of sp³-hybridized carbons (Fsp3) is 0. The van der Waals surface area contributed by atoms with E-state index in [1.807, 2.05) is 0 Å². The Labute approximate surface area is 126 Å². The molecule has 0 aliphatic carbocycles. The number of hydrogen-bond donors (Lipinski definition) is 0. The Hall–Kier alpha value is -2.18. The Morgan fingerprint density at radius 1 is 1.05 bits per heavy atom. The Balaban J connectivity index is 2.35. The van der Waals surface area contributed by atoms with E-state index in [0.29, 0.717) is 5.56 Å². The molecule has 0 aliphatic heterocycles. The van der Waals surface area contributed by atoms with E-state index in [9.17, 15) is 18.5 Å². The van der Waals surface area contributed by atoms with Gasteiger partial charge < -0.3 is 0 Å². The minimum absolute atomic E-state index is 0.00579. The van der Waals surface area contributed by atoms with Gasteiger partial charge in [0.2, 0.25) is 9.84 Å². The molecule has 2 aromatic rings. The van der Waals surface area contributed by atoms with Gasteiger partial charge in [-0.3, -0.25) is 10.1 Å². The quantitative estimate of drug-likeness (QED) is 0.636. The first kappa shape index (κ1) is 15.2. The van der Waals surface area contributed by atoms with Crippen molar-refractivity contribution in [2.45, 2.75) is 4.90 Å². The van der Waals surface area contributed by atoms with Crippen molar-refractivity contribution >= 4 is 32.2 Å². The molecule has 0 radical (unpaired) electrons. The fourth-order valence-corrected chi connectivity index (χ4v) is 3.18. The van der Waals surface area contributed by atoms with E-state index in [1.54, 1.807) is 18.2 Å². The lowest BCUT2D eigenvalue weighted by atomic mass is 10.2. The average molecular weight is 324 g/mol. The largest absolute Gasteiger partial charge is 0.269 e. The van der Waals surface area contributed by atoms with E-state index < -0.39 is 14.8 Å². The number of nitro benzene ring substituents is 1. The summed E-state index contributed by atoms with van der Waals surface area (Å²) in [5.74, 6) is 0. The van der Waals surface area contributed by atoms with E-state index in [0.717, 1.165) is 5.41 Å². The first-order valence-corrected chi connectivity index (χ1v) is 7.75. The normalized spacial score (nSPS) is 12.1. The van der Waals surface area contributed by atoms with Gasteiger partial charge in [-0.2, -0.15) is 0 Å². The van der Waals surface area contributed by atoms with Crippen LogP contribution >= 0.6 is 11.6 Å². The Bertz CT molecular complexity index is 783. The van der Waals surface area contributed by atoms with Crippen LogP contribution in [0.2, 0.25) is 0 Å². The van der Waals surface area contributed by atoms with Crippen LogP contribution in [0.15, 0.2) is 64.9 Å². The lowest BCUT2D eigenvalue weighted by Crippen LogP contribution is -1.96. The third-order valence-electron chi connectivity index (χ3n) is 2.68. The molecule has 0 fully saturated rings. The highest BCUT2D eigenvalue weighted by atomic mass is 35.5. The van der Waals surface area contributed by atoms with Crippen LogP contribution in [-0.4, -0.2) is 13.3 Å². The molecule has 108 valence electrons. The average Bonchev–Trinajstić information content (AvgIpc) is 2.48. The summed E-state index contributed by atoms with van der Waals surface area (Å²) in [6, 6.07) is 13.2. The second-order valence-corrected chi connectivity index (χ2v) is 6.33. The highest BCUT2D eigenvalue weighted by Crippen LogP contribution is 2.25. The Morgan fingerprint density at radius 2 is 1.62 bits per heavy atom. The minimum atomic E-state index is -3.66. The molecule has 0 atom stereocenters. The third-order valence-corrected chi connectivity index (χ3v) is 4.62. The smallest absolute Gasteiger partial charge is 0.258 e. The van der Waals surface area contributed by atoms with Gasteiger partial charge in [-0.1, -0.05) is 29.8 Å². The maximum absolute atomic E-state index is 12.1. The second kappa shape index (κ2) is 6.07. The summed E-state index contributed by atoms with van der Waals surface area (Å²) in [7, 11) is -3.66. The standard InChI is InChI=1S/C14H10ClNO4S/c15-14(11-6-8-12(9-7-11)16(17)18)10-21(19,20)13-4-2-1-3-5-13/h1-10H/b14-10-. The maximum atomic E-state index is 12.1. The number of nitrogens with zero attached hydrogens (tertiary/aromatic N) is 1. The van der Waals surface area contributed by atoms with Crippen molar-refractivity contribution in [2.75, 3.05) is 0 Å². The summed E-state index contributed by atoms with van der Waals surface area (Å²) in [5.41, 5.74) is 0.302. The van der Waals surface area contributed by atoms with Crippen LogP contribution in [0.25, 0.3) is 5.03 Å². The molecule has 7 heteroatoms. The monoisotopic (exact) mass is 323 g/mol. The molecule has 2 aromatic carbocycles. The van der Waals surface area contributed by atoms with Crippen molar-refractivity contribution in [3.8, 4) is 0 Å². The molecule has 0 heterocycles. The van der Waals surface area contributed by atoms with Gasteiger partial charge in [0.1, 0.15) is 0 Å². The zero-order valence-corrected chi connectivity index (χ0v) is 12.2. The molecule has 0 amide bonds. The summed E-state index contributed by atoms with van der Waals surface area (Å²) >= 11 is 5.98. The molecule has 0 N–H and O–H groups in total. The number of sulfone groups is 1.